The second-order valence-corrected chi connectivity index (χ2v) is 8.43. The number of thioether (sulfide) groups is 1. The number of benzene rings is 1. The summed E-state index contributed by atoms with van der Waals surface area (Å²) in [7, 11) is 3.20. The van der Waals surface area contributed by atoms with Crippen LogP contribution < -0.4 is 9.47 Å². The first kappa shape index (κ1) is 22.4. The Kier molecular flexibility index (Phi) is 8.36. The normalized spacial score (nSPS) is 14.5. The molecule has 0 saturated heterocycles. The summed E-state index contributed by atoms with van der Waals surface area (Å²) >= 11 is 1.67. The van der Waals surface area contributed by atoms with Crippen molar-refractivity contribution in [2.75, 3.05) is 26.5 Å². The molecule has 9 heteroatoms. The van der Waals surface area contributed by atoms with Gasteiger partial charge < -0.3 is 14.4 Å². The summed E-state index contributed by atoms with van der Waals surface area (Å²) in [5, 5.41) is 12.1. The highest BCUT2D eigenvalue weighted by Crippen LogP contribution is 2.29. The Labute approximate surface area is 182 Å². The van der Waals surface area contributed by atoms with E-state index < -0.39 is 0 Å². The van der Waals surface area contributed by atoms with Gasteiger partial charge in [-0.2, -0.15) is 16.4 Å². The SMILES string of the molecule is CCN(C(=O)CCSCc1nnnn1-c1ccc(OC)c(OC)c1)C1CCCCC1. The fourth-order valence-corrected chi connectivity index (χ4v) is 4.78. The molecule has 0 bridgehead atoms. The first-order valence-electron chi connectivity index (χ1n) is 10.5. The molecule has 1 amide bonds. The molecule has 0 radical (unpaired) electrons. The van der Waals surface area contributed by atoms with Crippen molar-refractivity contribution in [1.82, 2.24) is 25.1 Å². The highest BCUT2D eigenvalue weighted by molar-refractivity contribution is 7.98. The largest absolute Gasteiger partial charge is 0.493 e. The van der Waals surface area contributed by atoms with Gasteiger partial charge in [0.15, 0.2) is 17.3 Å². The van der Waals surface area contributed by atoms with E-state index in [-0.39, 0.29) is 5.91 Å². The van der Waals surface area contributed by atoms with Crippen LogP contribution in [-0.2, 0) is 10.5 Å². The van der Waals surface area contributed by atoms with Crippen LogP contribution in [0.4, 0.5) is 0 Å². The molecule has 0 spiro atoms. The van der Waals surface area contributed by atoms with E-state index in [4.69, 9.17) is 9.47 Å². The first-order valence-corrected chi connectivity index (χ1v) is 11.7. The van der Waals surface area contributed by atoms with Crippen molar-refractivity contribution in [1.29, 1.82) is 0 Å². The van der Waals surface area contributed by atoms with E-state index in [0.29, 0.717) is 29.7 Å². The van der Waals surface area contributed by atoms with E-state index in [0.717, 1.165) is 36.7 Å². The zero-order chi connectivity index (χ0) is 21.3. The van der Waals surface area contributed by atoms with Crippen molar-refractivity contribution in [3.05, 3.63) is 24.0 Å². The van der Waals surface area contributed by atoms with Gasteiger partial charge in [-0.1, -0.05) is 19.3 Å². The summed E-state index contributed by atoms with van der Waals surface area (Å²) < 4.78 is 12.3. The number of carbonyl (C=O) groups excluding carboxylic acids is 1. The maximum atomic E-state index is 12.7. The fraction of sp³-hybridized carbons (Fsp3) is 0.619. The van der Waals surface area contributed by atoms with Crippen LogP contribution in [0.25, 0.3) is 5.69 Å². The molecule has 1 saturated carbocycles. The average molecular weight is 434 g/mol. The predicted octanol–water partition coefficient (Wildman–Crippen LogP) is 3.48. The summed E-state index contributed by atoms with van der Waals surface area (Å²) in [6.07, 6.45) is 6.61. The second-order valence-electron chi connectivity index (χ2n) is 7.32. The molecule has 0 aliphatic heterocycles. The van der Waals surface area contributed by atoms with Crippen LogP contribution in [0.5, 0.6) is 11.5 Å². The number of nitrogens with zero attached hydrogens (tertiary/aromatic N) is 5. The Morgan fingerprint density at radius 2 is 1.97 bits per heavy atom. The van der Waals surface area contributed by atoms with E-state index in [1.165, 1.54) is 19.3 Å². The Morgan fingerprint density at radius 1 is 1.20 bits per heavy atom. The quantitative estimate of drug-likeness (QED) is 0.531. The number of aromatic nitrogens is 4. The van der Waals surface area contributed by atoms with Gasteiger partial charge in [-0.15, -0.1) is 5.10 Å². The predicted molar refractivity (Wildman–Crippen MR) is 117 cm³/mol. The molecule has 1 heterocycles. The van der Waals surface area contributed by atoms with Gasteiger partial charge in [0.05, 0.1) is 25.7 Å². The molecule has 164 valence electrons. The number of amides is 1. The Bertz CT molecular complexity index is 823. The lowest BCUT2D eigenvalue weighted by atomic mass is 9.94. The van der Waals surface area contributed by atoms with E-state index in [1.807, 2.05) is 18.2 Å². The minimum atomic E-state index is 0.261. The lowest BCUT2D eigenvalue weighted by Crippen LogP contribution is -2.41. The first-order chi connectivity index (χ1) is 14.7. The Balaban J connectivity index is 1.54. The number of hydrogen-bond acceptors (Lipinski definition) is 7. The van der Waals surface area contributed by atoms with Crippen LogP contribution in [-0.4, -0.2) is 63.6 Å². The van der Waals surface area contributed by atoms with Crippen molar-refractivity contribution < 1.29 is 14.3 Å². The molecular weight excluding hydrogens is 402 g/mol. The van der Waals surface area contributed by atoms with Gasteiger partial charge >= 0.3 is 0 Å². The minimum absolute atomic E-state index is 0.261. The van der Waals surface area contributed by atoms with E-state index in [9.17, 15) is 4.79 Å². The lowest BCUT2D eigenvalue weighted by Gasteiger charge is -2.33. The van der Waals surface area contributed by atoms with Crippen LogP contribution in [0, 0.1) is 0 Å². The smallest absolute Gasteiger partial charge is 0.223 e. The third kappa shape index (κ3) is 5.44. The number of carbonyl (C=O) groups is 1. The third-order valence-corrected chi connectivity index (χ3v) is 6.47. The van der Waals surface area contributed by atoms with Crippen LogP contribution in [0.3, 0.4) is 0 Å². The minimum Gasteiger partial charge on any atom is -0.493 e. The molecule has 8 nitrogen and oxygen atoms in total. The summed E-state index contributed by atoms with van der Waals surface area (Å²) in [5.74, 6) is 3.65. The summed E-state index contributed by atoms with van der Waals surface area (Å²) in [4.78, 5) is 14.8. The number of rotatable bonds is 10. The molecule has 3 rings (SSSR count). The molecule has 0 atom stereocenters. The molecule has 2 aromatic rings. The van der Waals surface area contributed by atoms with Crippen molar-refractivity contribution in [2.24, 2.45) is 0 Å². The number of hydrogen-bond donors (Lipinski definition) is 0. The van der Waals surface area contributed by atoms with Gasteiger partial charge in [-0.3, -0.25) is 4.79 Å². The Hall–Kier alpha value is -2.29. The number of methoxy groups -OCH3 is 2. The van der Waals surface area contributed by atoms with Crippen molar-refractivity contribution in [3.63, 3.8) is 0 Å². The van der Waals surface area contributed by atoms with Crippen molar-refractivity contribution in [2.45, 2.75) is 57.2 Å². The van der Waals surface area contributed by atoms with Gasteiger partial charge in [0.1, 0.15) is 0 Å². The van der Waals surface area contributed by atoms with Crippen molar-refractivity contribution in [3.8, 4) is 17.2 Å². The fourth-order valence-electron chi connectivity index (χ4n) is 3.95. The molecule has 1 aromatic carbocycles. The topological polar surface area (TPSA) is 82.4 Å². The molecule has 0 unspecified atom stereocenters. The van der Waals surface area contributed by atoms with Crippen LogP contribution in [0.15, 0.2) is 18.2 Å². The van der Waals surface area contributed by atoms with Crippen LogP contribution in [0.2, 0.25) is 0 Å². The lowest BCUT2D eigenvalue weighted by molar-refractivity contribution is -0.133. The monoisotopic (exact) mass is 433 g/mol. The second kappa shape index (κ2) is 11.2. The van der Waals surface area contributed by atoms with E-state index in [1.54, 1.807) is 30.7 Å². The molecule has 30 heavy (non-hydrogen) atoms. The molecule has 0 N–H and O–H groups in total. The molecule has 1 fully saturated rings. The molecular formula is C21H31N5O3S. The number of tetrazole rings is 1. The molecule has 1 aliphatic rings. The van der Waals surface area contributed by atoms with E-state index in [2.05, 4.69) is 27.3 Å². The summed E-state index contributed by atoms with van der Waals surface area (Å²) in [5.41, 5.74) is 0.804. The standard InChI is InChI=1S/C21H31N5O3S/c1-4-25(16-8-6-5-7-9-16)21(27)12-13-30-15-20-22-23-24-26(20)17-10-11-18(28-2)19(14-17)29-3/h10-11,14,16H,4-9,12-13,15H2,1-3H3. The zero-order valence-corrected chi connectivity index (χ0v) is 18.9. The van der Waals surface area contributed by atoms with Gasteiger partial charge in [-0.25, -0.2) is 0 Å². The van der Waals surface area contributed by atoms with Gasteiger partial charge in [0, 0.05) is 30.8 Å². The van der Waals surface area contributed by atoms with Crippen molar-refractivity contribution >= 4 is 17.7 Å². The van der Waals surface area contributed by atoms with E-state index >= 15 is 0 Å². The van der Waals surface area contributed by atoms with Crippen LogP contribution >= 0.6 is 11.8 Å². The third-order valence-electron chi connectivity index (χ3n) is 5.51. The highest BCUT2D eigenvalue weighted by Gasteiger charge is 2.23. The highest BCUT2D eigenvalue weighted by atomic mass is 32.2. The zero-order valence-electron chi connectivity index (χ0n) is 18.0. The summed E-state index contributed by atoms with van der Waals surface area (Å²) in [6, 6.07) is 5.99. The van der Waals surface area contributed by atoms with Gasteiger partial charge in [0.2, 0.25) is 5.91 Å². The van der Waals surface area contributed by atoms with Gasteiger partial charge in [0.25, 0.3) is 0 Å². The number of ether oxygens (including phenoxy) is 2. The maximum Gasteiger partial charge on any atom is 0.223 e. The van der Waals surface area contributed by atoms with Gasteiger partial charge in [-0.05, 0) is 42.3 Å². The molecule has 1 aromatic heterocycles. The Morgan fingerprint density at radius 3 is 2.67 bits per heavy atom. The average Bonchev–Trinajstić information content (AvgIpc) is 3.26. The molecule has 1 aliphatic carbocycles. The summed E-state index contributed by atoms with van der Waals surface area (Å²) in [6.45, 7) is 2.88. The maximum absolute atomic E-state index is 12.7. The van der Waals surface area contributed by atoms with Crippen LogP contribution in [0.1, 0.15) is 51.3 Å².